The van der Waals surface area contributed by atoms with Gasteiger partial charge in [0, 0.05) is 5.56 Å². The number of hydrogen-bond donors (Lipinski definition) is 0. The van der Waals surface area contributed by atoms with Crippen LogP contribution in [0.2, 0.25) is 0 Å². The molecule has 2 N–H and O–H groups in total. The van der Waals surface area contributed by atoms with E-state index in [0.29, 0.717) is 0 Å². The molecule has 0 aliphatic heterocycles. The van der Waals surface area contributed by atoms with Crippen LogP contribution in [0.4, 0.5) is 0 Å². The molecule has 4 heteroatoms. The molecule has 0 atom stereocenters. The van der Waals surface area contributed by atoms with Gasteiger partial charge >= 0.3 is 0 Å². The van der Waals surface area contributed by atoms with Crippen LogP contribution in [-0.4, -0.2) is 42.8 Å². The summed E-state index contributed by atoms with van der Waals surface area (Å²) in [6, 6.07) is 8.73. The molecule has 0 radical (unpaired) electrons. The molecule has 0 aliphatic rings. The lowest BCUT2D eigenvalue weighted by Crippen LogP contribution is -2.33. The molecule has 0 saturated heterocycles. The van der Waals surface area contributed by atoms with E-state index in [0.717, 1.165) is 24.0 Å². The zero-order chi connectivity index (χ0) is 12.0. The Morgan fingerprint density at radius 2 is 1.65 bits per heavy atom. The van der Waals surface area contributed by atoms with Gasteiger partial charge in [0.25, 0.3) is 0 Å². The molecule has 0 spiro atoms. The summed E-state index contributed by atoms with van der Waals surface area (Å²) >= 11 is 4.53. The van der Waals surface area contributed by atoms with Crippen LogP contribution < -0.4 is 0 Å². The number of thiocarbonyl (C=S) groups is 1. The highest BCUT2D eigenvalue weighted by Gasteiger charge is 2.07. The van der Waals surface area contributed by atoms with Gasteiger partial charge in [0.1, 0.15) is 6.54 Å². The molecule has 94 valence electrons. The Hall–Kier alpha value is -1.06. The van der Waals surface area contributed by atoms with Crippen LogP contribution in [0.25, 0.3) is 0 Å². The molecule has 1 rings (SSSR count). The summed E-state index contributed by atoms with van der Waals surface area (Å²) in [4.78, 5) is 3.91. The van der Waals surface area contributed by atoms with E-state index in [1.165, 1.54) is 11.1 Å². The van der Waals surface area contributed by atoms with Crippen molar-refractivity contribution in [3.05, 3.63) is 35.4 Å². The maximum Gasteiger partial charge on any atom is 0.104 e. The minimum atomic E-state index is 0. The molecule has 0 bridgehead atoms. The predicted octanol–water partition coefficient (Wildman–Crippen LogP) is 1.71. The first-order valence-corrected chi connectivity index (χ1v) is 5.84. The third-order valence-corrected chi connectivity index (χ3v) is 2.39. The van der Waals surface area contributed by atoms with Crippen molar-refractivity contribution < 1.29 is 9.96 Å². The first kappa shape index (κ1) is 15.9. The topological polar surface area (TPSA) is 43.9 Å². The second-order valence-corrected chi connectivity index (χ2v) is 5.17. The van der Waals surface area contributed by atoms with E-state index in [4.69, 9.17) is 0 Å². The highest BCUT2D eigenvalue weighted by atomic mass is 32.1. The lowest BCUT2D eigenvalue weighted by Gasteiger charge is -2.23. The van der Waals surface area contributed by atoms with Crippen molar-refractivity contribution in [3.8, 4) is 0 Å². The fourth-order valence-corrected chi connectivity index (χ4v) is 1.68. The lowest BCUT2D eigenvalue weighted by atomic mass is 10.1. The summed E-state index contributed by atoms with van der Waals surface area (Å²) in [7, 11) is 6.59. The Balaban J connectivity index is 0.00000256. The van der Waals surface area contributed by atoms with Crippen LogP contribution in [0.1, 0.15) is 11.1 Å². The zero-order valence-electron chi connectivity index (χ0n) is 10.7. The van der Waals surface area contributed by atoms with Crippen molar-refractivity contribution in [2.75, 3.05) is 27.7 Å². The van der Waals surface area contributed by atoms with Gasteiger partial charge in [0.2, 0.25) is 0 Å². The summed E-state index contributed by atoms with van der Waals surface area (Å²) in [6.07, 6.45) is 0.939. The highest BCUT2D eigenvalue weighted by Crippen LogP contribution is 2.09. The zero-order valence-corrected chi connectivity index (χ0v) is 11.5. The monoisotopic (exact) mass is 253 g/mol. The van der Waals surface area contributed by atoms with E-state index >= 15 is 0 Å². The van der Waals surface area contributed by atoms with Gasteiger partial charge in [-0.05, 0) is 24.2 Å². The number of quaternary nitrogens is 1. The van der Waals surface area contributed by atoms with Crippen molar-refractivity contribution in [2.24, 2.45) is 4.99 Å². The maximum absolute atomic E-state index is 4.53. The predicted molar refractivity (Wildman–Crippen MR) is 75.4 cm³/mol. The van der Waals surface area contributed by atoms with Crippen LogP contribution in [0.5, 0.6) is 0 Å². The van der Waals surface area contributed by atoms with E-state index in [-0.39, 0.29) is 5.48 Å². The average molecular weight is 253 g/mol. The van der Waals surface area contributed by atoms with E-state index in [1.54, 1.807) is 0 Å². The molecule has 0 unspecified atom stereocenters. The SMILES string of the molecule is C[N+](C)(C)Cc1ccc(CCN=C=S)cc1.O. The molecule has 0 saturated carbocycles. The number of benzene rings is 1. The van der Waals surface area contributed by atoms with E-state index in [9.17, 15) is 0 Å². The third-order valence-electron chi connectivity index (χ3n) is 2.26. The van der Waals surface area contributed by atoms with Crippen molar-refractivity contribution in [1.29, 1.82) is 0 Å². The third kappa shape index (κ3) is 6.97. The highest BCUT2D eigenvalue weighted by molar-refractivity contribution is 7.78. The van der Waals surface area contributed by atoms with Crippen molar-refractivity contribution in [2.45, 2.75) is 13.0 Å². The molecule has 0 heterocycles. The Morgan fingerprint density at radius 1 is 1.12 bits per heavy atom. The van der Waals surface area contributed by atoms with E-state index < -0.39 is 0 Å². The maximum atomic E-state index is 4.53. The largest absolute Gasteiger partial charge is 0.412 e. The molecular weight excluding hydrogens is 232 g/mol. The molecule has 0 aromatic heterocycles. The second kappa shape index (κ2) is 7.30. The summed E-state index contributed by atoms with van der Waals surface area (Å²) in [5.41, 5.74) is 2.67. The molecular formula is C13H21N2OS+. The van der Waals surface area contributed by atoms with Crippen LogP contribution >= 0.6 is 12.2 Å². The minimum absolute atomic E-state index is 0. The van der Waals surface area contributed by atoms with Crippen LogP contribution in [-0.2, 0) is 13.0 Å². The van der Waals surface area contributed by atoms with Crippen molar-refractivity contribution in [3.63, 3.8) is 0 Å². The van der Waals surface area contributed by atoms with Crippen LogP contribution in [0.15, 0.2) is 29.3 Å². The first-order chi connectivity index (χ1) is 7.51. The Labute approximate surface area is 109 Å². The van der Waals surface area contributed by atoms with Crippen LogP contribution in [0, 0.1) is 0 Å². The summed E-state index contributed by atoms with van der Waals surface area (Å²) in [5, 5.41) is 2.39. The smallest absolute Gasteiger partial charge is 0.104 e. The van der Waals surface area contributed by atoms with Crippen molar-refractivity contribution >= 4 is 17.4 Å². The average Bonchev–Trinajstić information content (AvgIpc) is 2.19. The van der Waals surface area contributed by atoms with Crippen LogP contribution in [0.3, 0.4) is 0 Å². The fourth-order valence-electron chi connectivity index (χ4n) is 1.59. The normalized spacial score (nSPS) is 10.3. The number of isothiocyanates is 1. The van der Waals surface area contributed by atoms with Gasteiger partial charge in [-0.3, -0.25) is 0 Å². The second-order valence-electron chi connectivity index (χ2n) is 4.99. The summed E-state index contributed by atoms with van der Waals surface area (Å²) in [5.74, 6) is 0. The molecule has 1 aromatic carbocycles. The van der Waals surface area contributed by atoms with Gasteiger partial charge in [-0.2, -0.15) is 0 Å². The van der Waals surface area contributed by atoms with Gasteiger partial charge in [-0.1, -0.05) is 24.3 Å². The Bertz CT molecular complexity index is 375. The number of aliphatic imine (C=N–C) groups is 1. The standard InChI is InChI=1S/C13H19N2S.H2O/c1-15(2,3)10-13-6-4-12(5-7-13)8-9-14-11-16;/h4-7H,8-10H2,1-3H3;1H2/q+1;. The van der Waals surface area contributed by atoms with E-state index in [1.807, 2.05) is 0 Å². The summed E-state index contributed by atoms with van der Waals surface area (Å²) < 4.78 is 0.953. The number of hydrogen-bond acceptors (Lipinski definition) is 2. The molecule has 0 amide bonds. The molecule has 0 aliphatic carbocycles. The molecule has 3 nitrogen and oxygen atoms in total. The quantitative estimate of drug-likeness (QED) is 0.447. The van der Waals surface area contributed by atoms with Gasteiger partial charge in [0.05, 0.1) is 32.8 Å². The minimum Gasteiger partial charge on any atom is -0.412 e. The Kier molecular flexibility index (Phi) is 6.85. The van der Waals surface area contributed by atoms with Crippen molar-refractivity contribution in [1.82, 2.24) is 0 Å². The first-order valence-electron chi connectivity index (χ1n) is 5.43. The Morgan fingerprint density at radius 3 is 2.12 bits per heavy atom. The number of rotatable bonds is 5. The fraction of sp³-hybridized carbons (Fsp3) is 0.462. The van der Waals surface area contributed by atoms with Gasteiger partial charge in [-0.15, -0.1) is 0 Å². The summed E-state index contributed by atoms with van der Waals surface area (Å²) in [6.45, 7) is 1.79. The van der Waals surface area contributed by atoms with Gasteiger partial charge in [-0.25, -0.2) is 4.99 Å². The molecule has 1 aromatic rings. The molecule has 17 heavy (non-hydrogen) atoms. The lowest BCUT2D eigenvalue weighted by molar-refractivity contribution is -0.884. The number of nitrogens with zero attached hydrogens (tertiary/aromatic N) is 2. The molecule has 0 fully saturated rings. The van der Waals surface area contributed by atoms with E-state index in [2.05, 4.69) is 67.8 Å². The van der Waals surface area contributed by atoms with Gasteiger partial charge in [0.15, 0.2) is 0 Å². The van der Waals surface area contributed by atoms with Gasteiger partial charge < -0.3 is 9.96 Å².